The largest absolute Gasteiger partial charge is 0.355 e. The van der Waals surface area contributed by atoms with E-state index in [4.69, 9.17) is 0 Å². The standard InChI is InChI=1S/C15H19N3O2/c19-14-4-1-12(9-17-14)15(20)18(13-2-3-13)10-11-5-7-16-8-6-11/h5-8,12-13H,1-4,9-10H2,(H,17,19). The lowest BCUT2D eigenvalue weighted by Crippen LogP contribution is -2.45. The summed E-state index contributed by atoms with van der Waals surface area (Å²) in [6, 6.07) is 4.28. The van der Waals surface area contributed by atoms with Gasteiger partial charge in [-0.25, -0.2) is 0 Å². The maximum Gasteiger partial charge on any atom is 0.228 e. The summed E-state index contributed by atoms with van der Waals surface area (Å²) in [6.45, 7) is 1.13. The molecule has 0 radical (unpaired) electrons. The first-order valence-electron chi connectivity index (χ1n) is 7.20. The van der Waals surface area contributed by atoms with Gasteiger partial charge in [-0.1, -0.05) is 0 Å². The SMILES string of the molecule is O=C1CCC(C(=O)N(Cc2ccncc2)C2CC2)CN1. The third-order valence-corrected chi connectivity index (χ3v) is 3.99. The Morgan fingerprint density at radius 1 is 1.30 bits per heavy atom. The second-order valence-electron chi connectivity index (χ2n) is 5.59. The summed E-state index contributed by atoms with van der Waals surface area (Å²) in [5.74, 6) is 0.181. The van der Waals surface area contributed by atoms with E-state index in [1.54, 1.807) is 12.4 Å². The molecule has 1 saturated carbocycles. The average Bonchev–Trinajstić information content (AvgIpc) is 3.30. The summed E-state index contributed by atoms with van der Waals surface area (Å²) < 4.78 is 0. The van der Waals surface area contributed by atoms with Gasteiger partial charge in [-0.15, -0.1) is 0 Å². The Balaban J connectivity index is 1.67. The first-order chi connectivity index (χ1) is 9.74. The van der Waals surface area contributed by atoms with Crippen molar-refractivity contribution in [3.05, 3.63) is 30.1 Å². The van der Waals surface area contributed by atoms with E-state index in [2.05, 4.69) is 10.3 Å². The van der Waals surface area contributed by atoms with Crippen LogP contribution in [0.4, 0.5) is 0 Å². The van der Waals surface area contributed by atoms with E-state index in [0.717, 1.165) is 18.4 Å². The Kier molecular flexibility index (Phi) is 3.67. The molecule has 1 unspecified atom stereocenters. The predicted octanol–water partition coefficient (Wildman–Crippen LogP) is 1.10. The number of amides is 2. The topological polar surface area (TPSA) is 62.3 Å². The molecule has 2 heterocycles. The third kappa shape index (κ3) is 2.98. The zero-order valence-electron chi connectivity index (χ0n) is 11.4. The summed E-state index contributed by atoms with van der Waals surface area (Å²) in [5, 5.41) is 2.79. The molecule has 1 aromatic heterocycles. The Morgan fingerprint density at radius 3 is 2.65 bits per heavy atom. The number of pyridine rings is 1. The van der Waals surface area contributed by atoms with E-state index in [0.29, 0.717) is 32.0 Å². The number of aromatic nitrogens is 1. The normalized spacial score (nSPS) is 22.2. The van der Waals surface area contributed by atoms with Crippen LogP contribution in [0.2, 0.25) is 0 Å². The summed E-state index contributed by atoms with van der Waals surface area (Å²) in [6.07, 6.45) is 6.83. The highest BCUT2D eigenvalue weighted by molar-refractivity contribution is 5.84. The van der Waals surface area contributed by atoms with Crippen molar-refractivity contribution in [1.82, 2.24) is 15.2 Å². The second-order valence-corrected chi connectivity index (χ2v) is 5.59. The maximum absolute atomic E-state index is 12.6. The van der Waals surface area contributed by atoms with Gasteiger partial charge in [0.25, 0.3) is 0 Å². The van der Waals surface area contributed by atoms with Crippen LogP contribution in [0.3, 0.4) is 0 Å². The Labute approximate surface area is 118 Å². The van der Waals surface area contributed by atoms with Crippen LogP contribution in [-0.4, -0.2) is 34.3 Å². The van der Waals surface area contributed by atoms with E-state index in [1.807, 2.05) is 17.0 Å². The fourth-order valence-electron chi connectivity index (χ4n) is 2.64. The number of nitrogens with one attached hydrogen (secondary N) is 1. The zero-order chi connectivity index (χ0) is 13.9. The van der Waals surface area contributed by atoms with Crippen LogP contribution in [0.1, 0.15) is 31.2 Å². The monoisotopic (exact) mass is 273 g/mol. The zero-order valence-corrected chi connectivity index (χ0v) is 11.4. The molecular formula is C15H19N3O2. The minimum atomic E-state index is -0.0601. The first-order valence-corrected chi connectivity index (χ1v) is 7.20. The van der Waals surface area contributed by atoms with E-state index in [9.17, 15) is 9.59 Å². The highest BCUT2D eigenvalue weighted by Gasteiger charge is 2.36. The summed E-state index contributed by atoms with van der Waals surface area (Å²) in [5.41, 5.74) is 1.11. The molecule has 5 heteroatoms. The predicted molar refractivity (Wildman–Crippen MR) is 73.5 cm³/mol. The van der Waals surface area contributed by atoms with Crippen molar-refractivity contribution in [3.63, 3.8) is 0 Å². The molecule has 2 aliphatic rings. The van der Waals surface area contributed by atoms with Crippen LogP contribution >= 0.6 is 0 Å². The van der Waals surface area contributed by atoms with Gasteiger partial charge >= 0.3 is 0 Å². The molecule has 1 N–H and O–H groups in total. The number of rotatable bonds is 4. The molecule has 2 fully saturated rings. The molecular weight excluding hydrogens is 254 g/mol. The summed E-state index contributed by atoms with van der Waals surface area (Å²) in [7, 11) is 0. The molecule has 0 spiro atoms. The molecule has 1 aliphatic carbocycles. The van der Waals surface area contributed by atoms with E-state index < -0.39 is 0 Å². The fourth-order valence-corrected chi connectivity index (χ4v) is 2.64. The van der Waals surface area contributed by atoms with Crippen molar-refractivity contribution in [2.45, 2.75) is 38.3 Å². The minimum Gasteiger partial charge on any atom is -0.355 e. The Bertz CT molecular complexity index is 489. The van der Waals surface area contributed by atoms with Crippen molar-refractivity contribution in [2.75, 3.05) is 6.54 Å². The first kappa shape index (κ1) is 13.1. The molecule has 0 aromatic carbocycles. The number of carbonyl (C=O) groups excluding carboxylic acids is 2. The van der Waals surface area contributed by atoms with Gasteiger partial charge in [-0.2, -0.15) is 0 Å². The van der Waals surface area contributed by atoms with E-state index >= 15 is 0 Å². The van der Waals surface area contributed by atoms with Gasteiger partial charge in [-0.05, 0) is 37.0 Å². The van der Waals surface area contributed by atoms with Crippen LogP contribution < -0.4 is 5.32 Å². The molecule has 1 saturated heterocycles. The van der Waals surface area contributed by atoms with Gasteiger partial charge in [-0.3, -0.25) is 14.6 Å². The van der Waals surface area contributed by atoms with E-state index in [1.165, 1.54) is 0 Å². The number of carbonyl (C=O) groups is 2. The minimum absolute atomic E-state index is 0.0566. The number of nitrogens with zero attached hydrogens (tertiary/aromatic N) is 2. The lowest BCUT2D eigenvalue weighted by molar-refractivity contribution is -0.138. The third-order valence-electron chi connectivity index (χ3n) is 3.99. The van der Waals surface area contributed by atoms with E-state index in [-0.39, 0.29) is 17.7 Å². The second kappa shape index (κ2) is 5.61. The van der Waals surface area contributed by atoms with Crippen molar-refractivity contribution in [3.8, 4) is 0 Å². The summed E-state index contributed by atoms with van der Waals surface area (Å²) in [4.78, 5) is 29.8. The maximum atomic E-state index is 12.6. The van der Waals surface area contributed by atoms with Crippen molar-refractivity contribution < 1.29 is 9.59 Å². The lowest BCUT2D eigenvalue weighted by atomic mass is 9.97. The Hall–Kier alpha value is -1.91. The van der Waals surface area contributed by atoms with Crippen LogP contribution in [0.5, 0.6) is 0 Å². The molecule has 1 atom stereocenters. The number of piperidine rings is 1. The van der Waals surface area contributed by atoms with Crippen LogP contribution in [0.25, 0.3) is 0 Å². The van der Waals surface area contributed by atoms with Crippen molar-refractivity contribution in [1.29, 1.82) is 0 Å². The van der Waals surface area contributed by atoms with Crippen molar-refractivity contribution in [2.24, 2.45) is 5.92 Å². The lowest BCUT2D eigenvalue weighted by Gasteiger charge is -2.29. The van der Waals surface area contributed by atoms with Crippen LogP contribution in [0.15, 0.2) is 24.5 Å². The number of hydrogen-bond donors (Lipinski definition) is 1. The highest BCUT2D eigenvalue weighted by Crippen LogP contribution is 2.30. The smallest absolute Gasteiger partial charge is 0.228 e. The van der Waals surface area contributed by atoms with Crippen LogP contribution in [-0.2, 0) is 16.1 Å². The summed E-state index contributed by atoms with van der Waals surface area (Å²) >= 11 is 0. The van der Waals surface area contributed by atoms with Crippen LogP contribution in [0, 0.1) is 5.92 Å². The number of hydrogen-bond acceptors (Lipinski definition) is 3. The fraction of sp³-hybridized carbons (Fsp3) is 0.533. The molecule has 106 valence electrons. The van der Waals surface area contributed by atoms with Gasteiger partial charge < -0.3 is 10.2 Å². The quantitative estimate of drug-likeness (QED) is 0.893. The highest BCUT2D eigenvalue weighted by atomic mass is 16.2. The Morgan fingerprint density at radius 2 is 2.05 bits per heavy atom. The molecule has 0 bridgehead atoms. The van der Waals surface area contributed by atoms with Crippen molar-refractivity contribution >= 4 is 11.8 Å². The van der Waals surface area contributed by atoms with Gasteiger partial charge in [0.15, 0.2) is 0 Å². The molecule has 1 aliphatic heterocycles. The molecule has 2 amide bonds. The molecule has 5 nitrogen and oxygen atoms in total. The van der Waals surface area contributed by atoms with Gasteiger partial charge in [0, 0.05) is 37.9 Å². The molecule has 20 heavy (non-hydrogen) atoms. The van der Waals surface area contributed by atoms with Gasteiger partial charge in [0.05, 0.1) is 5.92 Å². The average molecular weight is 273 g/mol. The molecule has 1 aromatic rings. The molecule has 3 rings (SSSR count). The van der Waals surface area contributed by atoms with Gasteiger partial charge in [0.1, 0.15) is 0 Å². The van der Waals surface area contributed by atoms with Gasteiger partial charge in [0.2, 0.25) is 11.8 Å².